The summed E-state index contributed by atoms with van der Waals surface area (Å²) in [5, 5.41) is 0. The van der Waals surface area contributed by atoms with Crippen LogP contribution in [-0.4, -0.2) is 34.3 Å². The molecule has 1 aliphatic heterocycles. The van der Waals surface area contributed by atoms with Crippen molar-refractivity contribution in [1.29, 1.82) is 0 Å². The van der Waals surface area contributed by atoms with Crippen molar-refractivity contribution in [2.75, 3.05) is 14.2 Å². The Morgan fingerprint density at radius 2 is 2.10 bits per heavy atom. The molecule has 1 aliphatic carbocycles. The first-order chi connectivity index (χ1) is 9.98. The third-order valence-corrected chi connectivity index (χ3v) is 6.44. The lowest BCUT2D eigenvalue weighted by atomic mass is 10.1. The number of carbonyl (C=O) groups is 1. The van der Waals surface area contributed by atoms with Crippen molar-refractivity contribution in [3.63, 3.8) is 0 Å². The number of amides is 1. The zero-order valence-electron chi connectivity index (χ0n) is 11.9. The summed E-state index contributed by atoms with van der Waals surface area (Å²) >= 11 is 7.38. The number of fused-ring (bicyclic) bond motifs is 1. The van der Waals surface area contributed by atoms with Crippen LogP contribution in [-0.2, 0) is 11.3 Å². The number of likely N-dealkylation sites (tertiary alicyclic amines) is 1. The first kappa shape index (κ1) is 15.2. The SMILES string of the molecule is COc1ccc(CN2C(=O)CCC3C2C3(Br)Br)c(OC)c1. The Kier molecular flexibility index (Phi) is 3.94. The van der Waals surface area contributed by atoms with Gasteiger partial charge in [-0.05, 0) is 18.6 Å². The summed E-state index contributed by atoms with van der Waals surface area (Å²) < 4.78 is 10.5. The minimum atomic E-state index is -0.119. The van der Waals surface area contributed by atoms with E-state index in [1.165, 1.54) is 0 Å². The van der Waals surface area contributed by atoms with Gasteiger partial charge in [0.25, 0.3) is 0 Å². The van der Waals surface area contributed by atoms with Crippen LogP contribution in [0.4, 0.5) is 0 Å². The Labute approximate surface area is 141 Å². The quantitative estimate of drug-likeness (QED) is 0.704. The maximum atomic E-state index is 12.3. The van der Waals surface area contributed by atoms with Gasteiger partial charge >= 0.3 is 0 Å². The molecule has 6 heteroatoms. The van der Waals surface area contributed by atoms with Crippen molar-refractivity contribution >= 4 is 37.8 Å². The number of alkyl halides is 2. The molecule has 3 rings (SSSR count). The summed E-state index contributed by atoms with van der Waals surface area (Å²) in [4.78, 5) is 14.2. The second kappa shape index (κ2) is 5.47. The maximum absolute atomic E-state index is 12.3. The van der Waals surface area contributed by atoms with Crippen molar-refractivity contribution in [2.24, 2.45) is 5.92 Å². The highest BCUT2D eigenvalue weighted by Crippen LogP contribution is 2.63. The van der Waals surface area contributed by atoms with Gasteiger partial charge in [0.1, 0.15) is 14.7 Å². The average molecular weight is 419 g/mol. The van der Waals surface area contributed by atoms with E-state index in [0.29, 0.717) is 18.9 Å². The van der Waals surface area contributed by atoms with E-state index >= 15 is 0 Å². The summed E-state index contributed by atoms with van der Waals surface area (Å²) in [6, 6.07) is 5.92. The highest BCUT2D eigenvalue weighted by molar-refractivity contribution is 9.25. The molecule has 2 aliphatic rings. The third-order valence-electron chi connectivity index (χ3n) is 4.32. The van der Waals surface area contributed by atoms with Crippen LogP contribution in [0.3, 0.4) is 0 Å². The van der Waals surface area contributed by atoms with E-state index in [2.05, 4.69) is 31.9 Å². The van der Waals surface area contributed by atoms with Crippen LogP contribution in [0.25, 0.3) is 0 Å². The van der Waals surface area contributed by atoms with Gasteiger partial charge in [0, 0.05) is 30.5 Å². The van der Waals surface area contributed by atoms with Crippen molar-refractivity contribution in [3.05, 3.63) is 23.8 Å². The molecule has 0 bridgehead atoms. The zero-order chi connectivity index (χ0) is 15.2. The maximum Gasteiger partial charge on any atom is 0.223 e. The molecular formula is C15H17Br2NO3. The van der Waals surface area contributed by atoms with Gasteiger partial charge in [0.05, 0.1) is 20.3 Å². The zero-order valence-corrected chi connectivity index (χ0v) is 15.1. The molecule has 1 saturated carbocycles. The monoisotopic (exact) mass is 417 g/mol. The van der Waals surface area contributed by atoms with Gasteiger partial charge in [-0.25, -0.2) is 0 Å². The van der Waals surface area contributed by atoms with E-state index in [0.717, 1.165) is 23.5 Å². The molecule has 2 atom stereocenters. The highest BCUT2D eigenvalue weighted by Gasteiger charge is 2.67. The summed E-state index contributed by atoms with van der Waals surface area (Å²) in [5.74, 6) is 2.19. The molecular weight excluding hydrogens is 402 g/mol. The van der Waals surface area contributed by atoms with Crippen LogP contribution < -0.4 is 9.47 Å². The van der Waals surface area contributed by atoms with Crippen LogP contribution in [0.2, 0.25) is 0 Å². The first-order valence-electron chi connectivity index (χ1n) is 6.87. The van der Waals surface area contributed by atoms with E-state index in [1.807, 2.05) is 23.1 Å². The molecule has 0 N–H and O–H groups in total. The molecule has 1 saturated heterocycles. The highest BCUT2D eigenvalue weighted by atomic mass is 79.9. The van der Waals surface area contributed by atoms with E-state index in [-0.39, 0.29) is 15.2 Å². The molecule has 0 spiro atoms. The topological polar surface area (TPSA) is 38.8 Å². The summed E-state index contributed by atoms with van der Waals surface area (Å²) in [7, 11) is 3.26. The lowest BCUT2D eigenvalue weighted by Gasteiger charge is -2.27. The van der Waals surface area contributed by atoms with Crippen LogP contribution in [0.15, 0.2) is 18.2 Å². The summed E-state index contributed by atoms with van der Waals surface area (Å²) in [6.45, 7) is 0.562. The first-order valence-corrected chi connectivity index (χ1v) is 8.45. The van der Waals surface area contributed by atoms with Crippen molar-refractivity contribution < 1.29 is 14.3 Å². The van der Waals surface area contributed by atoms with E-state index in [1.54, 1.807) is 14.2 Å². The van der Waals surface area contributed by atoms with Crippen LogP contribution in [0.1, 0.15) is 18.4 Å². The van der Waals surface area contributed by atoms with Crippen molar-refractivity contribution in [3.8, 4) is 11.5 Å². The van der Waals surface area contributed by atoms with Gasteiger partial charge in [-0.3, -0.25) is 4.79 Å². The van der Waals surface area contributed by atoms with Crippen LogP contribution >= 0.6 is 31.9 Å². The van der Waals surface area contributed by atoms with E-state index in [9.17, 15) is 4.79 Å². The fourth-order valence-corrected chi connectivity index (χ4v) is 4.90. The van der Waals surface area contributed by atoms with Gasteiger partial charge in [-0.15, -0.1) is 0 Å². The number of piperidine rings is 1. The number of hydrogen-bond acceptors (Lipinski definition) is 3. The largest absolute Gasteiger partial charge is 0.497 e. The van der Waals surface area contributed by atoms with E-state index in [4.69, 9.17) is 9.47 Å². The molecule has 21 heavy (non-hydrogen) atoms. The number of halogens is 2. The Morgan fingerprint density at radius 3 is 2.76 bits per heavy atom. The lowest BCUT2D eigenvalue weighted by molar-refractivity contribution is -0.134. The Bertz CT molecular complexity index is 576. The smallest absolute Gasteiger partial charge is 0.223 e. The molecule has 2 unspecified atom stereocenters. The number of hydrogen-bond donors (Lipinski definition) is 0. The second-order valence-electron chi connectivity index (χ2n) is 5.46. The number of nitrogens with zero attached hydrogens (tertiary/aromatic N) is 1. The molecule has 0 aromatic heterocycles. The number of ether oxygens (including phenoxy) is 2. The van der Waals surface area contributed by atoms with Crippen LogP contribution in [0, 0.1) is 5.92 Å². The van der Waals surface area contributed by atoms with Crippen LogP contribution in [0.5, 0.6) is 11.5 Å². The molecule has 1 amide bonds. The minimum absolute atomic E-state index is 0.119. The van der Waals surface area contributed by atoms with E-state index < -0.39 is 0 Å². The van der Waals surface area contributed by atoms with Crippen molar-refractivity contribution in [2.45, 2.75) is 28.7 Å². The van der Waals surface area contributed by atoms with Gasteiger partial charge in [0.15, 0.2) is 0 Å². The Hall–Kier alpha value is -0.750. The average Bonchev–Trinajstić information content (AvgIpc) is 3.04. The number of rotatable bonds is 4. The minimum Gasteiger partial charge on any atom is -0.497 e. The standard InChI is InChI=1S/C15H17Br2NO3/c1-20-10-4-3-9(12(7-10)21-2)8-18-13(19)6-5-11-14(18)15(11,16)17/h3-4,7,11,14H,5-6,8H2,1-2H3. The fraction of sp³-hybridized carbons (Fsp3) is 0.533. The molecule has 1 aromatic rings. The van der Waals surface area contributed by atoms with Crippen molar-refractivity contribution in [1.82, 2.24) is 4.90 Å². The molecule has 4 nitrogen and oxygen atoms in total. The van der Waals surface area contributed by atoms with Gasteiger partial charge in [0.2, 0.25) is 5.91 Å². The second-order valence-corrected chi connectivity index (χ2v) is 9.15. The van der Waals surface area contributed by atoms with Gasteiger partial charge < -0.3 is 14.4 Å². The predicted octanol–water partition coefficient (Wildman–Crippen LogP) is 3.31. The number of carbonyl (C=O) groups excluding carboxylic acids is 1. The third kappa shape index (κ3) is 2.57. The molecule has 0 radical (unpaired) electrons. The lowest BCUT2D eigenvalue weighted by Crippen LogP contribution is -2.37. The predicted molar refractivity (Wildman–Crippen MR) is 87.2 cm³/mol. The number of benzene rings is 1. The van der Waals surface area contributed by atoms with Gasteiger partial charge in [-0.2, -0.15) is 0 Å². The molecule has 2 fully saturated rings. The molecule has 114 valence electrons. The fourth-order valence-electron chi connectivity index (χ4n) is 3.08. The summed E-state index contributed by atoms with van der Waals surface area (Å²) in [6.07, 6.45) is 1.55. The molecule has 1 heterocycles. The normalized spacial score (nSPS) is 26.3. The Morgan fingerprint density at radius 1 is 1.33 bits per heavy atom. The Balaban J connectivity index is 1.84. The summed E-state index contributed by atoms with van der Waals surface area (Å²) in [5.41, 5.74) is 0.995. The molecule has 1 aromatic carbocycles. The van der Waals surface area contributed by atoms with Gasteiger partial charge in [-0.1, -0.05) is 31.9 Å². The number of methoxy groups -OCH3 is 2.